The van der Waals surface area contributed by atoms with Crippen LogP contribution in [0.1, 0.15) is 41.9 Å². The lowest BCUT2D eigenvalue weighted by Gasteiger charge is -2.44. The predicted octanol–water partition coefficient (Wildman–Crippen LogP) is 6.04. The van der Waals surface area contributed by atoms with Crippen molar-refractivity contribution in [2.75, 3.05) is 19.6 Å². The summed E-state index contributed by atoms with van der Waals surface area (Å²) in [5, 5.41) is 3.81. The normalized spacial score (nSPS) is 22.2. The van der Waals surface area contributed by atoms with Gasteiger partial charge < -0.3 is 9.80 Å². The summed E-state index contributed by atoms with van der Waals surface area (Å²) in [6, 6.07) is 25.3. The molecule has 4 heteroatoms. The fourth-order valence-corrected chi connectivity index (χ4v) is 5.60. The minimum atomic E-state index is -0.187. The second-order valence-electron chi connectivity index (χ2n) is 10.1. The van der Waals surface area contributed by atoms with E-state index in [1.807, 2.05) is 12.1 Å². The first kappa shape index (κ1) is 22.2. The van der Waals surface area contributed by atoms with Gasteiger partial charge in [0.25, 0.3) is 0 Å². The summed E-state index contributed by atoms with van der Waals surface area (Å²) in [5.74, 6) is 0.944. The summed E-state index contributed by atoms with van der Waals surface area (Å²) in [7, 11) is 0. The van der Waals surface area contributed by atoms with Gasteiger partial charge in [-0.2, -0.15) is 0 Å². The highest BCUT2D eigenvalue weighted by Crippen LogP contribution is 2.41. The van der Waals surface area contributed by atoms with Gasteiger partial charge in [0.05, 0.1) is 13.1 Å². The molecular formula is C29H33F2N2+. The van der Waals surface area contributed by atoms with Gasteiger partial charge in [0.2, 0.25) is 0 Å². The second kappa shape index (κ2) is 9.74. The molecule has 3 aromatic carbocycles. The van der Waals surface area contributed by atoms with Crippen LogP contribution in [0.15, 0.2) is 78.9 Å². The quantitative estimate of drug-likeness (QED) is 0.415. The number of hydrogen-bond donors (Lipinski definition) is 1. The summed E-state index contributed by atoms with van der Waals surface area (Å²) in [4.78, 5) is 0. The largest absolute Gasteiger partial charge is 0.316 e. The van der Waals surface area contributed by atoms with Crippen molar-refractivity contribution in [3.8, 4) is 0 Å². The van der Waals surface area contributed by atoms with Crippen molar-refractivity contribution >= 4 is 0 Å². The number of halogens is 2. The van der Waals surface area contributed by atoms with Crippen LogP contribution >= 0.6 is 0 Å². The molecule has 1 aliphatic carbocycles. The Hall–Kier alpha value is -2.56. The van der Waals surface area contributed by atoms with Gasteiger partial charge in [-0.3, -0.25) is 0 Å². The van der Waals surface area contributed by atoms with Crippen molar-refractivity contribution in [1.29, 1.82) is 0 Å². The van der Waals surface area contributed by atoms with Crippen LogP contribution in [0.2, 0.25) is 0 Å². The Balaban J connectivity index is 1.21. The van der Waals surface area contributed by atoms with Crippen LogP contribution < -0.4 is 5.32 Å². The lowest BCUT2D eigenvalue weighted by Crippen LogP contribution is -2.52. The first-order chi connectivity index (χ1) is 16.1. The van der Waals surface area contributed by atoms with Crippen molar-refractivity contribution in [3.63, 3.8) is 0 Å². The van der Waals surface area contributed by atoms with E-state index in [4.69, 9.17) is 0 Å². The zero-order valence-corrected chi connectivity index (χ0v) is 19.1. The minimum absolute atomic E-state index is 0.187. The lowest BCUT2D eigenvalue weighted by molar-refractivity contribution is -0.958. The van der Waals surface area contributed by atoms with E-state index in [1.54, 1.807) is 24.3 Å². The molecular weight excluding hydrogens is 414 g/mol. The van der Waals surface area contributed by atoms with E-state index in [-0.39, 0.29) is 11.6 Å². The van der Waals surface area contributed by atoms with Gasteiger partial charge in [-0.05, 0) is 48.7 Å². The Kier molecular flexibility index (Phi) is 6.57. The Bertz CT molecular complexity index is 1010. The standard InChI is InChI=1S/C29H33F2N2/c30-26-10-4-6-23(16-26)20-33(21-24-7-5-11-27(31)17-24)14-12-22(13-15-33)19-32-29-18-28(29)25-8-2-1-3-9-25/h1-11,16-17,22,28-29,32H,12-15,18-21H2/q+1/t28-,29+/m0/s1. The summed E-state index contributed by atoms with van der Waals surface area (Å²) in [6.45, 7) is 4.70. The number of nitrogens with zero attached hydrogens (tertiary/aromatic N) is 1. The number of nitrogens with one attached hydrogen (secondary N) is 1. The highest BCUT2D eigenvalue weighted by Gasteiger charge is 2.39. The molecule has 2 fully saturated rings. The third kappa shape index (κ3) is 5.69. The molecule has 2 nitrogen and oxygen atoms in total. The summed E-state index contributed by atoms with van der Waals surface area (Å²) >= 11 is 0. The molecule has 1 N–H and O–H groups in total. The smallest absolute Gasteiger partial charge is 0.123 e. The topological polar surface area (TPSA) is 12.0 Å². The summed E-state index contributed by atoms with van der Waals surface area (Å²) < 4.78 is 28.6. The van der Waals surface area contributed by atoms with Crippen molar-refractivity contribution in [2.45, 2.75) is 44.3 Å². The molecule has 0 aromatic heterocycles. The molecule has 172 valence electrons. The summed E-state index contributed by atoms with van der Waals surface area (Å²) in [6.07, 6.45) is 3.51. The fraction of sp³-hybridized carbons (Fsp3) is 0.379. The van der Waals surface area contributed by atoms with Crippen LogP contribution in [0.25, 0.3) is 0 Å². The van der Waals surface area contributed by atoms with E-state index in [2.05, 4.69) is 35.6 Å². The molecule has 0 unspecified atom stereocenters. The monoisotopic (exact) mass is 447 g/mol. The van der Waals surface area contributed by atoms with Gasteiger partial charge in [-0.25, -0.2) is 8.78 Å². The van der Waals surface area contributed by atoms with E-state index in [0.717, 1.165) is 61.2 Å². The minimum Gasteiger partial charge on any atom is -0.316 e. The average molecular weight is 448 g/mol. The average Bonchev–Trinajstić information content (AvgIpc) is 3.59. The predicted molar refractivity (Wildman–Crippen MR) is 129 cm³/mol. The molecule has 3 aromatic rings. The molecule has 2 atom stereocenters. The van der Waals surface area contributed by atoms with Crippen molar-refractivity contribution in [3.05, 3.63) is 107 Å². The van der Waals surface area contributed by atoms with Gasteiger partial charge in [-0.15, -0.1) is 0 Å². The third-order valence-corrected chi connectivity index (χ3v) is 7.52. The number of quaternary nitrogens is 1. The molecule has 1 aliphatic heterocycles. The molecule has 0 amide bonds. The van der Waals surface area contributed by atoms with Gasteiger partial charge in [-0.1, -0.05) is 54.6 Å². The Morgan fingerprint density at radius 2 is 1.36 bits per heavy atom. The van der Waals surface area contributed by atoms with Crippen molar-refractivity contribution in [2.24, 2.45) is 5.92 Å². The molecule has 33 heavy (non-hydrogen) atoms. The molecule has 2 aliphatic rings. The number of benzene rings is 3. The highest BCUT2D eigenvalue weighted by atomic mass is 19.1. The van der Waals surface area contributed by atoms with Crippen molar-refractivity contribution < 1.29 is 13.3 Å². The van der Waals surface area contributed by atoms with E-state index in [1.165, 1.54) is 24.1 Å². The van der Waals surface area contributed by atoms with E-state index in [0.29, 0.717) is 17.9 Å². The van der Waals surface area contributed by atoms with E-state index in [9.17, 15) is 8.78 Å². The van der Waals surface area contributed by atoms with Crippen LogP contribution in [0, 0.1) is 17.6 Å². The molecule has 1 saturated heterocycles. The third-order valence-electron chi connectivity index (χ3n) is 7.52. The lowest BCUT2D eigenvalue weighted by atomic mass is 9.93. The molecule has 1 heterocycles. The Morgan fingerprint density at radius 3 is 1.94 bits per heavy atom. The maximum atomic E-state index is 13.9. The molecule has 0 radical (unpaired) electrons. The first-order valence-corrected chi connectivity index (χ1v) is 12.2. The zero-order chi connectivity index (χ0) is 22.7. The maximum Gasteiger partial charge on any atom is 0.123 e. The van der Waals surface area contributed by atoms with Crippen LogP contribution in [-0.2, 0) is 13.1 Å². The van der Waals surface area contributed by atoms with Crippen LogP contribution in [-0.4, -0.2) is 30.2 Å². The number of likely N-dealkylation sites (tertiary alicyclic amines) is 1. The molecule has 5 rings (SSSR count). The highest BCUT2D eigenvalue weighted by molar-refractivity contribution is 5.27. The van der Waals surface area contributed by atoms with Gasteiger partial charge in [0.15, 0.2) is 0 Å². The van der Waals surface area contributed by atoms with Gasteiger partial charge in [0.1, 0.15) is 24.7 Å². The van der Waals surface area contributed by atoms with E-state index < -0.39 is 0 Å². The second-order valence-corrected chi connectivity index (χ2v) is 10.1. The first-order valence-electron chi connectivity index (χ1n) is 12.2. The number of piperidine rings is 1. The number of hydrogen-bond acceptors (Lipinski definition) is 1. The van der Waals surface area contributed by atoms with E-state index >= 15 is 0 Å². The summed E-state index contributed by atoms with van der Waals surface area (Å²) in [5.41, 5.74) is 3.48. The van der Waals surface area contributed by atoms with Gasteiger partial charge >= 0.3 is 0 Å². The SMILES string of the molecule is Fc1cccc(C[N+]2(Cc3cccc(F)c3)CCC(CN[C@@H]3C[C@H]3c3ccccc3)CC2)c1. The maximum absolute atomic E-state index is 13.9. The Morgan fingerprint density at radius 1 is 0.758 bits per heavy atom. The van der Waals surface area contributed by atoms with Crippen LogP contribution in [0.4, 0.5) is 8.78 Å². The fourth-order valence-electron chi connectivity index (χ4n) is 5.60. The van der Waals surface area contributed by atoms with Crippen LogP contribution in [0.5, 0.6) is 0 Å². The van der Waals surface area contributed by atoms with Crippen molar-refractivity contribution in [1.82, 2.24) is 5.32 Å². The number of rotatable bonds is 8. The Labute approximate surface area is 195 Å². The zero-order valence-electron chi connectivity index (χ0n) is 19.1. The molecule has 0 spiro atoms. The molecule has 0 bridgehead atoms. The van der Waals surface area contributed by atoms with Crippen LogP contribution in [0.3, 0.4) is 0 Å². The molecule has 1 saturated carbocycles. The van der Waals surface area contributed by atoms with Gasteiger partial charge in [0, 0.05) is 35.9 Å².